The van der Waals surface area contributed by atoms with Crippen LogP contribution in [0.4, 0.5) is 0 Å². The summed E-state index contributed by atoms with van der Waals surface area (Å²) < 4.78 is 0. The summed E-state index contributed by atoms with van der Waals surface area (Å²) >= 11 is 0. The second-order valence-corrected chi connectivity index (χ2v) is 4.53. The minimum absolute atomic E-state index is 0.00509. The fourth-order valence-electron chi connectivity index (χ4n) is 2.28. The molecule has 0 spiro atoms. The molecule has 0 heterocycles. The molecule has 4 nitrogen and oxygen atoms in total. The van der Waals surface area contributed by atoms with Gasteiger partial charge in [-0.1, -0.05) is 19.9 Å². The Hall–Kier alpha value is -1.26. The molecular weight excluding hydrogens is 228 g/mol. The minimum atomic E-state index is 0.00509. The van der Waals surface area contributed by atoms with Crippen LogP contribution in [0.15, 0.2) is 18.2 Å². The second-order valence-electron chi connectivity index (χ2n) is 4.53. The Bertz CT molecular complexity index is 363. The van der Waals surface area contributed by atoms with Crippen LogP contribution < -0.4 is 5.73 Å². The highest BCUT2D eigenvalue weighted by molar-refractivity contribution is 5.41. The van der Waals surface area contributed by atoms with Gasteiger partial charge in [0.25, 0.3) is 0 Å². The molecule has 102 valence electrons. The lowest BCUT2D eigenvalue weighted by molar-refractivity contribution is 0.198. The average molecular weight is 252 g/mol. The zero-order valence-corrected chi connectivity index (χ0v) is 11.3. The van der Waals surface area contributed by atoms with E-state index in [1.165, 1.54) is 6.07 Å². The predicted molar refractivity (Wildman–Crippen MR) is 73.7 cm³/mol. The van der Waals surface area contributed by atoms with Gasteiger partial charge in [-0.15, -0.1) is 0 Å². The lowest BCUT2D eigenvalue weighted by Crippen LogP contribution is -2.35. The smallest absolute Gasteiger partial charge is 0.124 e. The Morgan fingerprint density at radius 1 is 1.17 bits per heavy atom. The van der Waals surface area contributed by atoms with Gasteiger partial charge in [0.05, 0.1) is 6.04 Å². The van der Waals surface area contributed by atoms with Crippen LogP contribution in [-0.4, -0.2) is 34.7 Å². The maximum Gasteiger partial charge on any atom is 0.124 e. The molecule has 0 aliphatic carbocycles. The third kappa shape index (κ3) is 3.62. The van der Waals surface area contributed by atoms with Crippen LogP contribution in [0.1, 0.15) is 38.3 Å². The molecule has 0 aliphatic heterocycles. The van der Waals surface area contributed by atoms with Crippen LogP contribution in [0, 0.1) is 0 Å². The second kappa shape index (κ2) is 7.24. The van der Waals surface area contributed by atoms with Gasteiger partial charge in [-0.3, -0.25) is 4.90 Å². The summed E-state index contributed by atoms with van der Waals surface area (Å²) in [7, 11) is 0. The van der Waals surface area contributed by atoms with E-state index < -0.39 is 0 Å². The van der Waals surface area contributed by atoms with Gasteiger partial charge in [-0.2, -0.15) is 0 Å². The molecule has 4 heteroatoms. The summed E-state index contributed by atoms with van der Waals surface area (Å²) in [4.78, 5) is 2.28. The molecule has 4 N–H and O–H groups in total. The van der Waals surface area contributed by atoms with Crippen molar-refractivity contribution in [3.8, 4) is 11.5 Å². The Kier molecular flexibility index (Phi) is 5.95. The fourth-order valence-corrected chi connectivity index (χ4v) is 2.28. The first-order chi connectivity index (χ1) is 8.63. The number of hydrogen-bond donors (Lipinski definition) is 3. The molecule has 18 heavy (non-hydrogen) atoms. The summed E-state index contributed by atoms with van der Waals surface area (Å²) in [6.45, 7) is 6.63. The van der Waals surface area contributed by atoms with Gasteiger partial charge < -0.3 is 15.9 Å². The normalized spacial score (nSPS) is 12.9. The predicted octanol–water partition coefficient (Wildman–Crippen LogP) is 2.22. The first-order valence-electron chi connectivity index (χ1n) is 6.60. The van der Waals surface area contributed by atoms with Gasteiger partial charge in [-0.05, 0) is 32.0 Å². The molecule has 0 saturated carbocycles. The van der Waals surface area contributed by atoms with E-state index in [-0.39, 0.29) is 17.5 Å². The Morgan fingerprint density at radius 2 is 1.78 bits per heavy atom. The molecular formula is C14H24N2O2. The summed E-state index contributed by atoms with van der Waals surface area (Å²) in [5.41, 5.74) is 6.65. The van der Waals surface area contributed by atoms with E-state index in [2.05, 4.69) is 18.7 Å². The molecule has 1 unspecified atom stereocenters. The van der Waals surface area contributed by atoms with Gasteiger partial charge in [-0.25, -0.2) is 0 Å². The van der Waals surface area contributed by atoms with E-state index in [1.54, 1.807) is 12.1 Å². The van der Waals surface area contributed by atoms with Gasteiger partial charge in [0.2, 0.25) is 0 Å². The van der Waals surface area contributed by atoms with Crippen molar-refractivity contribution in [3.63, 3.8) is 0 Å². The van der Waals surface area contributed by atoms with Crippen LogP contribution in [0.25, 0.3) is 0 Å². The quantitative estimate of drug-likeness (QED) is 0.696. The van der Waals surface area contributed by atoms with Gasteiger partial charge in [0, 0.05) is 18.2 Å². The lowest BCUT2D eigenvalue weighted by atomic mass is 10.0. The number of hydrogen-bond acceptors (Lipinski definition) is 4. The van der Waals surface area contributed by atoms with Crippen molar-refractivity contribution in [3.05, 3.63) is 23.8 Å². The highest BCUT2D eigenvalue weighted by Gasteiger charge is 2.20. The number of rotatable bonds is 7. The van der Waals surface area contributed by atoms with E-state index in [1.807, 2.05) is 0 Å². The maximum atomic E-state index is 9.94. The third-order valence-electron chi connectivity index (χ3n) is 3.06. The molecule has 1 aromatic carbocycles. The molecule has 1 rings (SSSR count). The summed E-state index contributed by atoms with van der Waals surface area (Å²) in [6.07, 6.45) is 2.10. The summed E-state index contributed by atoms with van der Waals surface area (Å²) in [5.74, 6) is 0.187. The summed E-state index contributed by atoms with van der Waals surface area (Å²) in [6, 6.07) is 4.72. The molecule has 0 amide bonds. The van der Waals surface area contributed by atoms with Crippen LogP contribution in [-0.2, 0) is 0 Å². The molecule has 0 radical (unpaired) electrons. The zero-order chi connectivity index (χ0) is 13.5. The molecule has 0 fully saturated rings. The van der Waals surface area contributed by atoms with Crippen molar-refractivity contribution in [2.45, 2.75) is 32.7 Å². The number of benzene rings is 1. The number of phenolic OH excluding ortho intramolecular Hbond substituents is 2. The van der Waals surface area contributed by atoms with E-state index in [0.717, 1.165) is 31.5 Å². The zero-order valence-electron chi connectivity index (χ0n) is 11.3. The van der Waals surface area contributed by atoms with Gasteiger partial charge in [0.1, 0.15) is 11.5 Å². The largest absolute Gasteiger partial charge is 0.508 e. The van der Waals surface area contributed by atoms with Crippen molar-refractivity contribution < 1.29 is 10.2 Å². The monoisotopic (exact) mass is 252 g/mol. The highest BCUT2D eigenvalue weighted by atomic mass is 16.3. The van der Waals surface area contributed by atoms with Gasteiger partial charge in [0.15, 0.2) is 0 Å². The number of nitrogens with zero attached hydrogens (tertiary/aromatic N) is 1. The number of phenols is 2. The van der Waals surface area contributed by atoms with Crippen LogP contribution in [0.3, 0.4) is 0 Å². The molecule has 0 saturated heterocycles. The molecule has 0 aromatic heterocycles. The topological polar surface area (TPSA) is 69.7 Å². The Labute approximate surface area is 109 Å². The van der Waals surface area contributed by atoms with E-state index >= 15 is 0 Å². The molecule has 0 aliphatic rings. The molecule has 1 atom stereocenters. The van der Waals surface area contributed by atoms with Crippen molar-refractivity contribution in [2.75, 3.05) is 19.6 Å². The maximum absolute atomic E-state index is 9.94. The van der Waals surface area contributed by atoms with Crippen LogP contribution in [0.5, 0.6) is 11.5 Å². The van der Waals surface area contributed by atoms with Crippen molar-refractivity contribution in [2.24, 2.45) is 5.73 Å². The van der Waals surface area contributed by atoms with Crippen molar-refractivity contribution in [1.82, 2.24) is 4.90 Å². The van der Waals surface area contributed by atoms with E-state index in [9.17, 15) is 10.2 Å². The lowest BCUT2D eigenvalue weighted by Gasteiger charge is -2.31. The first-order valence-corrected chi connectivity index (χ1v) is 6.60. The van der Waals surface area contributed by atoms with Gasteiger partial charge >= 0.3 is 0 Å². The third-order valence-corrected chi connectivity index (χ3v) is 3.06. The average Bonchev–Trinajstić information content (AvgIpc) is 2.33. The van der Waals surface area contributed by atoms with Crippen LogP contribution in [0.2, 0.25) is 0 Å². The standard InChI is InChI=1S/C14H24N2O2/c1-3-7-16(8-4-2)13(10-15)12-6-5-11(17)9-14(12)18/h5-6,9,13,17-18H,3-4,7-8,10,15H2,1-2H3. The number of aromatic hydroxyl groups is 2. The summed E-state index contributed by atoms with van der Waals surface area (Å²) in [5, 5.41) is 19.3. The van der Waals surface area contributed by atoms with Crippen molar-refractivity contribution >= 4 is 0 Å². The number of nitrogens with two attached hydrogens (primary N) is 1. The highest BCUT2D eigenvalue weighted by Crippen LogP contribution is 2.31. The fraction of sp³-hybridized carbons (Fsp3) is 0.571. The van der Waals surface area contributed by atoms with E-state index in [0.29, 0.717) is 6.54 Å². The first kappa shape index (κ1) is 14.8. The molecule has 1 aromatic rings. The SMILES string of the molecule is CCCN(CCC)C(CN)c1ccc(O)cc1O. The Morgan fingerprint density at radius 3 is 2.22 bits per heavy atom. The van der Waals surface area contributed by atoms with E-state index in [4.69, 9.17) is 5.73 Å². The molecule has 0 bridgehead atoms. The van der Waals surface area contributed by atoms with Crippen molar-refractivity contribution in [1.29, 1.82) is 0 Å². The Balaban J connectivity index is 2.98. The van der Waals surface area contributed by atoms with Crippen LogP contribution >= 0.6 is 0 Å². The minimum Gasteiger partial charge on any atom is -0.508 e.